The minimum Gasteiger partial charge on any atom is -0.480 e. The van der Waals surface area contributed by atoms with E-state index in [1.54, 1.807) is 0 Å². The first-order valence-electron chi connectivity index (χ1n) is 3.81. The second-order valence-electron chi connectivity index (χ2n) is 2.28. The molecule has 0 heterocycles. The molecule has 0 aliphatic heterocycles. The van der Waals surface area contributed by atoms with E-state index in [0.717, 1.165) is 0 Å². The Morgan fingerprint density at radius 1 is 1.70 bits per heavy atom. The fourth-order valence-electron chi connectivity index (χ4n) is 0.517. The molecule has 4 heteroatoms. The maximum atomic E-state index is 10.2. The Kier molecular flexibility index (Phi) is 3.18. The summed E-state index contributed by atoms with van der Waals surface area (Å²) >= 11 is 0. The van der Waals surface area contributed by atoms with Gasteiger partial charge in [-0.1, -0.05) is 0 Å². The monoisotopic (exact) mass is 147 g/mol. The third-order valence-electron chi connectivity index (χ3n) is 1.17. The zero-order valence-electron chi connectivity index (χ0n) is 6.79. The molecule has 2 atom stereocenters. The molecule has 0 amide bonds. The van der Waals surface area contributed by atoms with Crippen molar-refractivity contribution in [3.8, 4) is 0 Å². The minimum absolute atomic E-state index is 0.117. The lowest BCUT2D eigenvalue weighted by Crippen LogP contribution is -2.31. The van der Waals surface area contributed by atoms with Crippen molar-refractivity contribution >= 4 is 5.97 Å². The van der Waals surface area contributed by atoms with Crippen molar-refractivity contribution in [1.29, 1.82) is 0 Å². The second kappa shape index (κ2) is 4.24. The van der Waals surface area contributed by atoms with Gasteiger partial charge in [0.2, 0.25) is 0 Å². The molecule has 0 aromatic rings. The second-order valence-corrected chi connectivity index (χ2v) is 2.28. The van der Waals surface area contributed by atoms with Gasteiger partial charge in [-0.2, -0.15) is 0 Å². The number of aliphatic carboxylic acids is 1. The van der Waals surface area contributed by atoms with Crippen LogP contribution < -0.4 is 11.5 Å². The van der Waals surface area contributed by atoms with Gasteiger partial charge in [-0.15, -0.1) is 0 Å². The molecule has 0 saturated heterocycles. The Hall–Kier alpha value is -0.610. The fraction of sp³-hybridized carbons (Fsp3) is 0.833. The van der Waals surface area contributed by atoms with Gasteiger partial charge in [0.1, 0.15) is 6.04 Å². The largest absolute Gasteiger partial charge is 0.480 e. The lowest BCUT2D eigenvalue weighted by Gasteiger charge is -2.07. The van der Waals surface area contributed by atoms with E-state index in [-0.39, 0.29) is 12.9 Å². The number of hydrogen-bond donors (Lipinski definition) is 3. The third kappa shape index (κ3) is 4.29. The summed E-state index contributed by atoms with van der Waals surface area (Å²) in [6, 6.07) is -1.09. The predicted molar refractivity (Wildman–Crippen MR) is 38.5 cm³/mol. The molecule has 0 radical (unpaired) electrons. The molecule has 1 unspecified atom stereocenters. The van der Waals surface area contributed by atoms with Gasteiger partial charge in [0, 0.05) is 7.41 Å². The third-order valence-corrected chi connectivity index (χ3v) is 1.17. The molecule has 0 aliphatic rings. The molecule has 60 valence electrons. The van der Waals surface area contributed by atoms with E-state index < -0.39 is 12.0 Å². The first-order valence-corrected chi connectivity index (χ1v) is 3.11. The molecule has 0 spiro atoms. The summed E-state index contributed by atoms with van der Waals surface area (Å²) in [5.41, 5.74) is 10.6. The maximum Gasteiger partial charge on any atom is 0.320 e. The highest BCUT2D eigenvalue weighted by atomic mass is 16.4. The van der Waals surface area contributed by atoms with Crippen LogP contribution in [0.5, 0.6) is 0 Å². The van der Waals surface area contributed by atoms with Gasteiger partial charge in [-0.05, 0) is 19.7 Å². The van der Waals surface area contributed by atoms with E-state index in [4.69, 9.17) is 17.9 Å². The number of carboxylic acid groups (broad SMARTS) is 1. The van der Waals surface area contributed by atoms with Gasteiger partial charge in [0.25, 0.3) is 0 Å². The normalized spacial score (nSPS) is 17.6. The zero-order chi connectivity index (χ0) is 8.85. The van der Waals surface area contributed by atoms with Crippen molar-refractivity contribution in [3.05, 3.63) is 0 Å². The Morgan fingerprint density at radius 3 is 2.70 bits per heavy atom. The highest BCUT2D eigenvalue weighted by Crippen LogP contribution is 1.96. The van der Waals surface area contributed by atoms with E-state index in [2.05, 4.69) is 0 Å². The topological polar surface area (TPSA) is 89.3 Å². The molecular weight excluding hydrogens is 132 g/mol. The number of carbonyl (C=O) groups is 1. The molecule has 0 fully saturated rings. The van der Waals surface area contributed by atoms with Crippen LogP contribution >= 0.6 is 0 Å². The van der Waals surface area contributed by atoms with Crippen molar-refractivity contribution in [2.75, 3.05) is 0 Å². The summed E-state index contributed by atoms with van der Waals surface area (Å²) < 4.78 is 6.85. The molecular formula is C6H14N2O2. The molecule has 10 heavy (non-hydrogen) atoms. The summed E-state index contributed by atoms with van der Waals surface area (Å²) in [5.74, 6) is -1.01. The van der Waals surface area contributed by atoms with E-state index in [1.165, 1.54) is 0 Å². The van der Waals surface area contributed by atoms with Crippen molar-refractivity contribution in [2.24, 2.45) is 11.5 Å². The predicted octanol–water partition coefficient (Wildman–Crippen LogP) is -0.474. The van der Waals surface area contributed by atoms with E-state index >= 15 is 0 Å². The van der Waals surface area contributed by atoms with Gasteiger partial charge in [-0.25, -0.2) is 0 Å². The molecule has 0 rings (SSSR count). The molecule has 0 bridgehead atoms. The van der Waals surface area contributed by atoms with Crippen molar-refractivity contribution < 1.29 is 11.3 Å². The van der Waals surface area contributed by atoms with Gasteiger partial charge >= 0.3 is 5.97 Å². The van der Waals surface area contributed by atoms with Crippen LogP contribution in [-0.4, -0.2) is 23.2 Å². The average Bonchev–Trinajstić information content (AvgIpc) is 1.99. The summed E-state index contributed by atoms with van der Waals surface area (Å²) in [6.45, 7) is 0.117. The standard InChI is InChI=1S/C6H14N2O2/c1-4(7)2-3-5(8)6(9)10/h4-5H,2-3,7-8H2,1H3,(H,9,10)/t4?,5-/m0/s1/i1D. The van der Waals surface area contributed by atoms with Crippen LogP contribution in [0.1, 0.15) is 21.1 Å². The van der Waals surface area contributed by atoms with Gasteiger partial charge < -0.3 is 16.6 Å². The average molecular weight is 147 g/mol. The lowest BCUT2D eigenvalue weighted by atomic mass is 10.1. The van der Waals surface area contributed by atoms with Gasteiger partial charge in [0.15, 0.2) is 0 Å². The summed E-state index contributed by atoms with van der Waals surface area (Å²) in [4.78, 5) is 10.2. The summed E-state index contributed by atoms with van der Waals surface area (Å²) in [6.07, 6.45) is 0.840. The van der Waals surface area contributed by atoms with Crippen LogP contribution in [0.4, 0.5) is 0 Å². The molecule has 0 aromatic carbocycles. The highest BCUT2D eigenvalue weighted by Gasteiger charge is 2.10. The smallest absolute Gasteiger partial charge is 0.320 e. The molecule has 0 aliphatic carbocycles. The van der Waals surface area contributed by atoms with Gasteiger partial charge in [-0.3, -0.25) is 4.79 Å². The number of hydrogen-bond acceptors (Lipinski definition) is 3. The zero-order valence-corrected chi connectivity index (χ0v) is 5.79. The first kappa shape index (κ1) is 7.50. The summed E-state index contributed by atoms with van der Waals surface area (Å²) in [5, 5.41) is 8.35. The SMILES string of the molecule is [2H]CC(N)CC[C@H](N)C(=O)O. The molecule has 5 N–H and O–H groups in total. The van der Waals surface area contributed by atoms with Crippen molar-refractivity contribution in [2.45, 2.75) is 31.8 Å². The maximum absolute atomic E-state index is 10.2. The van der Waals surface area contributed by atoms with Crippen LogP contribution in [0.3, 0.4) is 0 Å². The van der Waals surface area contributed by atoms with Crippen molar-refractivity contribution in [3.63, 3.8) is 0 Å². The van der Waals surface area contributed by atoms with E-state index in [0.29, 0.717) is 12.8 Å². The highest BCUT2D eigenvalue weighted by molar-refractivity contribution is 5.72. The molecule has 4 nitrogen and oxygen atoms in total. The number of rotatable bonds is 4. The lowest BCUT2D eigenvalue weighted by molar-refractivity contribution is -0.138. The summed E-state index contributed by atoms with van der Waals surface area (Å²) in [7, 11) is 0. The van der Waals surface area contributed by atoms with Crippen LogP contribution in [-0.2, 0) is 4.79 Å². The van der Waals surface area contributed by atoms with Gasteiger partial charge in [0.05, 0.1) is 0 Å². The minimum atomic E-state index is -1.01. The molecule has 0 aromatic heterocycles. The Labute approximate surface area is 61.6 Å². The van der Waals surface area contributed by atoms with Crippen LogP contribution in [0.15, 0.2) is 0 Å². The Bertz CT molecular complexity index is 132. The van der Waals surface area contributed by atoms with Crippen molar-refractivity contribution in [1.82, 2.24) is 0 Å². The van der Waals surface area contributed by atoms with Crippen LogP contribution in [0.2, 0.25) is 0 Å². The number of carboxylic acids is 1. The Balaban J connectivity index is 3.45. The first-order chi connectivity index (χ1) is 5.07. The van der Waals surface area contributed by atoms with Crippen LogP contribution in [0.25, 0.3) is 0 Å². The van der Waals surface area contributed by atoms with Crippen LogP contribution in [0, 0.1) is 0 Å². The molecule has 0 saturated carbocycles. The quantitative estimate of drug-likeness (QED) is 0.501. The Morgan fingerprint density at radius 2 is 2.30 bits per heavy atom. The fourth-order valence-corrected chi connectivity index (χ4v) is 0.517. The van der Waals surface area contributed by atoms with E-state index in [1.807, 2.05) is 0 Å². The number of nitrogens with two attached hydrogens (primary N) is 2. The van der Waals surface area contributed by atoms with E-state index in [9.17, 15) is 4.79 Å².